The summed E-state index contributed by atoms with van der Waals surface area (Å²) in [5.74, 6) is -0.217. The van der Waals surface area contributed by atoms with E-state index in [1.54, 1.807) is 26.1 Å². The third-order valence-electron chi connectivity index (χ3n) is 5.78. The number of benzene rings is 2. The van der Waals surface area contributed by atoms with Crippen LogP contribution in [0.15, 0.2) is 68.9 Å². The Morgan fingerprint density at radius 1 is 1.10 bits per heavy atom. The molecule has 5 rings (SSSR count). The van der Waals surface area contributed by atoms with E-state index >= 15 is 0 Å². The van der Waals surface area contributed by atoms with Gasteiger partial charge in [-0.15, -0.1) is 0 Å². The van der Waals surface area contributed by atoms with Gasteiger partial charge in [0.1, 0.15) is 11.3 Å². The van der Waals surface area contributed by atoms with Gasteiger partial charge in [0.2, 0.25) is 0 Å². The summed E-state index contributed by atoms with van der Waals surface area (Å²) in [6, 6.07) is 14.8. The summed E-state index contributed by atoms with van der Waals surface area (Å²) in [5, 5.41) is 1.92. The van der Waals surface area contributed by atoms with Crippen LogP contribution in [0.25, 0.3) is 21.9 Å². The first-order chi connectivity index (χ1) is 14.9. The first kappa shape index (κ1) is 19.3. The average molecular weight is 414 g/mol. The Morgan fingerprint density at radius 2 is 1.90 bits per heavy atom. The number of Topliss-reactive ketones (excluding diaryl/α,β-unsaturated/α-hetero) is 1. The van der Waals surface area contributed by atoms with Gasteiger partial charge in [-0.05, 0) is 50.1 Å². The maximum atomic E-state index is 13.2. The molecule has 156 valence electrons. The van der Waals surface area contributed by atoms with Crippen molar-refractivity contribution in [2.75, 3.05) is 6.54 Å². The number of aliphatic imine (C=N–C) groups is 1. The van der Waals surface area contributed by atoms with E-state index in [1.165, 1.54) is 17.0 Å². The molecule has 0 spiro atoms. The molecule has 0 amide bonds. The van der Waals surface area contributed by atoms with Gasteiger partial charge in [0, 0.05) is 41.3 Å². The number of aromatic nitrogens is 1. The minimum Gasteiger partial charge on any atom is -0.480 e. The third-order valence-corrected chi connectivity index (χ3v) is 5.78. The molecule has 2 aromatic heterocycles. The van der Waals surface area contributed by atoms with E-state index in [2.05, 4.69) is 16.0 Å². The van der Waals surface area contributed by atoms with Crippen LogP contribution in [0, 0.1) is 0 Å². The van der Waals surface area contributed by atoms with Crippen LogP contribution in [-0.2, 0) is 11.2 Å². The Kier molecular flexibility index (Phi) is 4.50. The highest BCUT2D eigenvalue weighted by molar-refractivity contribution is 6.09. The highest BCUT2D eigenvalue weighted by Crippen LogP contribution is 2.41. The average Bonchev–Trinajstić information content (AvgIpc) is 3.16. The molecule has 31 heavy (non-hydrogen) atoms. The van der Waals surface area contributed by atoms with Crippen molar-refractivity contribution in [1.29, 1.82) is 0 Å². The molecule has 4 aromatic rings. The Balaban J connectivity index is 1.48. The van der Waals surface area contributed by atoms with E-state index in [1.807, 2.05) is 36.5 Å². The number of rotatable bonds is 4. The molecule has 1 unspecified atom stereocenters. The van der Waals surface area contributed by atoms with E-state index < -0.39 is 17.1 Å². The molecule has 1 N–H and O–H groups in total. The summed E-state index contributed by atoms with van der Waals surface area (Å²) in [6.07, 6.45) is 4.42. The van der Waals surface area contributed by atoms with Crippen molar-refractivity contribution in [2.45, 2.75) is 31.8 Å². The minimum atomic E-state index is -0.997. The van der Waals surface area contributed by atoms with Crippen LogP contribution in [0.2, 0.25) is 0 Å². The molecule has 1 atom stereocenters. The number of hydrogen-bond acceptors (Lipinski definition) is 5. The number of hydrogen-bond donors (Lipinski definition) is 1. The quantitative estimate of drug-likeness (QED) is 0.396. The van der Waals surface area contributed by atoms with E-state index in [4.69, 9.17) is 9.15 Å². The fraction of sp³-hybridized carbons (Fsp3) is 0.240. The van der Waals surface area contributed by atoms with Gasteiger partial charge >= 0.3 is 5.63 Å². The molecule has 3 heterocycles. The van der Waals surface area contributed by atoms with Crippen molar-refractivity contribution < 1.29 is 13.9 Å². The summed E-state index contributed by atoms with van der Waals surface area (Å²) >= 11 is 0. The molecular formula is C25H22N2O4. The normalized spacial score (nSPS) is 17.9. The first-order valence-corrected chi connectivity index (χ1v) is 10.3. The van der Waals surface area contributed by atoms with Crippen LogP contribution >= 0.6 is 0 Å². The molecule has 6 heteroatoms. The van der Waals surface area contributed by atoms with Gasteiger partial charge in [-0.1, -0.05) is 18.2 Å². The van der Waals surface area contributed by atoms with Crippen molar-refractivity contribution >= 4 is 33.9 Å². The lowest BCUT2D eigenvalue weighted by molar-refractivity contribution is -0.133. The molecule has 6 nitrogen and oxygen atoms in total. The molecule has 0 radical (unpaired) electrons. The molecule has 0 saturated carbocycles. The molecule has 0 saturated heterocycles. The molecule has 0 fully saturated rings. The number of fused-ring (bicyclic) bond motifs is 4. The van der Waals surface area contributed by atoms with Crippen LogP contribution in [0.4, 0.5) is 0 Å². The van der Waals surface area contributed by atoms with E-state index in [0.717, 1.165) is 17.3 Å². The van der Waals surface area contributed by atoms with Crippen molar-refractivity contribution in [3.05, 3.63) is 76.3 Å². The van der Waals surface area contributed by atoms with Crippen molar-refractivity contribution in [3.63, 3.8) is 0 Å². The number of H-pyrrole nitrogens is 1. The monoisotopic (exact) mass is 414 g/mol. The summed E-state index contributed by atoms with van der Waals surface area (Å²) in [4.78, 5) is 32.9. The second-order valence-electron chi connectivity index (χ2n) is 8.27. The standard InChI is InChI=1S/C25H22N2O4/c1-25(2)24(29)18(14-26-12-11-16-13-27-19-6-4-3-5-17(16)19)22-20(31-25)9-7-15-8-10-21(28)30-23(15)22/h3-10,13-14,18,27H,11-12H2,1-2H3. The molecule has 1 aliphatic heterocycles. The molecular weight excluding hydrogens is 392 g/mol. The number of carbonyl (C=O) groups is 1. The van der Waals surface area contributed by atoms with Gasteiger partial charge < -0.3 is 14.1 Å². The van der Waals surface area contributed by atoms with E-state index in [0.29, 0.717) is 23.4 Å². The number of carbonyl (C=O) groups excluding carboxylic acids is 1. The summed E-state index contributed by atoms with van der Waals surface area (Å²) < 4.78 is 11.4. The predicted octanol–water partition coefficient (Wildman–Crippen LogP) is 4.41. The largest absolute Gasteiger partial charge is 0.480 e. The van der Waals surface area contributed by atoms with Crippen LogP contribution in [-0.4, -0.2) is 29.1 Å². The Labute approximate surface area is 178 Å². The van der Waals surface area contributed by atoms with Gasteiger partial charge in [-0.3, -0.25) is 9.79 Å². The minimum absolute atomic E-state index is 0.116. The second kappa shape index (κ2) is 7.23. The lowest BCUT2D eigenvalue weighted by Gasteiger charge is -2.34. The zero-order valence-electron chi connectivity index (χ0n) is 17.3. The SMILES string of the molecule is CC1(C)Oc2ccc3ccc(=O)oc3c2C(C=NCCc2c[nH]c3ccccc23)C1=O. The second-order valence-corrected chi connectivity index (χ2v) is 8.27. The van der Waals surface area contributed by atoms with Crippen LogP contribution in [0.1, 0.15) is 30.9 Å². The molecule has 0 aliphatic carbocycles. The maximum Gasteiger partial charge on any atom is 0.336 e. The zero-order chi connectivity index (χ0) is 21.6. The number of nitrogens with zero attached hydrogens (tertiary/aromatic N) is 1. The Bertz CT molecular complexity index is 1390. The summed E-state index contributed by atoms with van der Waals surface area (Å²) in [6.45, 7) is 4.03. The number of nitrogens with one attached hydrogen (secondary N) is 1. The molecule has 1 aliphatic rings. The molecule has 0 bridgehead atoms. The molecule has 2 aromatic carbocycles. The Morgan fingerprint density at radius 3 is 2.77 bits per heavy atom. The highest BCUT2D eigenvalue weighted by atomic mass is 16.5. The van der Waals surface area contributed by atoms with Crippen molar-refractivity contribution in [2.24, 2.45) is 4.99 Å². The summed E-state index contributed by atoms with van der Waals surface area (Å²) in [7, 11) is 0. The first-order valence-electron chi connectivity index (χ1n) is 10.3. The van der Waals surface area contributed by atoms with Gasteiger partial charge in [-0.25, -0.2) is 4.79 Å². The number of para-hydroxylation sites is 1. The van der Waals surface area contributed by atoms with E-state index in [-0.39, 0.29) is 5.78 Å². The van der Waals surface area contributed by atoms with Gasteiger partial charge in [-0.2, -0.15) is 0 Å². The van der Waals surface area contributed by atoms with Crippen LogP contribution in [0.3, 0.4) is 0 Å². The number of aromatic amines is 1. The van der Waals surface area contributed by atoms with Crippen LogP contribution in [0.5, 0.6) is 5.75 Å². The topological polar surface area (TPSA) is 84.7 Å². The Hall–Kier alpha value is -3.67. The number of ketones is 1. The van der Waals surface area contributed by atoms with Crippen molar-refractivity contribution in [3.8, 4) is 5.75 Å². The van der Waals surface area contributed by atoms with E-state index in [9.17, 15) is 9.59 Å². The smallest absolute Gasteiger partial charge is 0.336 e. The van der Waals surface area contributed by atoms with Gasteiger partial charge in [0.15, 0.2) is 11.4 Å². The van der Waals surface area contributed by atoms with Gasteiger partial charge in [0.05, 0.1) is 11.5 Å². The maximum absolute atomic E-state index is 13.2. The third kappa shape index (κ3) is 3.34. The van der Waals surface area contributed by atoms with Crippen LogP contribution < -0.4 is 10.4 Å². The zero-order valence-corrected chi connectivity index (χ0v) is 17.3. The predicted molar refractivity (Wildman–Crippen MR) is 120 cm³/mol. The van der Waals surface area contributed by atoms with Gasteiger partial charge in [0.25, 0.3) is 0 Å². The van der Waals surface area contributed by atoms with Crippen molar-refractivity contribution in [1.82, 2.24) is 4.98 Å². The lowest BCUT2D eigenvalue weighted by Crippen LogP contribution is -2.45. The highest BCUT2D eigenvalue weighted by Gasteiger charge is 2.43. The fourth-order valence-electron chi connectivity index (χ4n) is 4.20. The number of ether oxygens (including phenoxy) is 1. The lowest BCUT2D eigenvalue weighted by atomic mass is 9.83. The fourth-order valence-corrected chi connectivity index (χ4v) is 4.20. The summed E-state index contributed by atoms with van der Waals surface area (Å²) in [5.41, 5.74) is 1.76.